The zero-order valence-electron chi connectivity index (χ0n) is 27.5. The van der Waals surface area contributed by atoms with E-state index in [4.69, 9.17) is 0 Å². The van der Waals surface area contributed by atoms with Crippen molar-refractivity contribution in [2.75, 3.05) is 0 Å². The van der Waals surface area contributed by atoms with Crippen molar-refractivity contribution in [1.82, 2.24) is 0 Å². The summed E-state index contributed by atoms with van der Waals surface area (Å²) in [6.45, 7) is 23.0. The Hall–Kier alpha value is -2.60. The summed E-state index contributed by atoms with van der Waals surface area (Å²) < 4.78 is 0. The van der Waals surface area contributed by atoms with E-state index in [1.807, 2.05) is 0 Å². The highest BCUT2D eigenvalue weighted by Gasteiger charge is 2.27. The second-order valence-electron chi connectivity index (χ2n) is 13.6. The van der Waals surface area contributed by atoms with Crippen molar-refractivity contribution in [1.29, 1.82) is 0 Å². The molecule has 0 aromatic carbocycles. The van der Waals surface area contributed by atoms with E-state index in [1.54, 1.807) is 16.7 Å². The molecule has 0 aromatic rings. The van der Waals surface area contributed by atoms with Crippen molar-refractivity contribution in [3.8, 4) is 0 Å². The van der Waals surface area contributed by atoms with Crippen LogP contribution in [0.3, 0.4) is 0 Å². The van der Waals surface area contributed by atoms with Crippen LogP contribution in [0.5, 0.6) is 0 Å². The lowest BCUT2D eigenvalue weighted by molar-refractivity contribution is 0.376. The third kappa shape index (κ3) is 11.5. The minimum Gasteiger partial charge on any atom is -0.0837 e. The van der Waals surface area contributed by atoms with Crippen LogP contribution in [0.1, 0.15) is 114 Å². The van der Waals surface area contributed by atoms with E-state index in [1.165, 1.54) is 60.8 Å². The van der Waals surface area contributed by atoms with Gasteiger partial charge in [0.05, 0.1) is 0 Å². The van der Waals surface area contributed by atoms with Crippen LogP contribution in [0.2, 0.25) is 0 Å². The lowest BCUT2D eigenvalue weighted by atomic mass is 9.72. The first kappa shape index (κ1) is 33.6. The van der Waals surface area contributed by atoms with Gasteiger partial charge in [0.15, 0.2) is 0 Å². The Kier molecular flexibility index (Phi) is 13.4. The predicted molar refractivity (Wildman–Crippen MR) is 181 cm³/mol. The molecule has 0 fully saturated rings. The fourth-order valence-electron chi connectivity index (χ4n) is 5.98. The van der Waals surface area contributed by atoms with Crippen LogP contribution < -0.4 is 0 Å². The molecule has 2 aliphatic rings. The van der Waals surface area contributed by atoms with Crippen molar-refractivity contribution in [2.45, 2.75) is 114 Å². The molecule has 218 valence electrons. The van der Waals surface area contributed by atoms with Gasteiger partial charge in [0.25, 0.3) is 0 Å². The molecule has 0 spiro atoms. The number of rotatable bonds is 11. The van der Waals surface area contributed by atoms with E-state index < -0.39 is 0 Å². The standard InChI is InChI=1S/C40H58/c1-31(19-13-21-33(3)25-27-37-35(5)23-15-29-39(37,7)8)17-11-12-18-32(2)20-14-22-34(4)26-28-38-36(6)24-16-30-40(38,9)10/h11-14,17-21,25-28,34H,15-16,22-24,29-30H2,1-10H3/b12-11+,19-13+,20-14+,27-25+,28-26+,31-17+,32-18+,33-21+. The SMILES string of the molecule is CC1=C(/C=C/C(C)=C/C=C/C(C)=C/C=C/C=C(C)/C=C/CC(C)/C=C/C2=C(C)CCCC2(C)C)C(C)(C)CCC1. The monoisotopic (exact) mass is 538 g/mol. The molecular weight excluding hydrogens is 480 g/mol. The Morgan fingerprint density at radius 3 is 1.70 bits per heavy atom. The van der Waals surface area contributed by atoms with Gasteiger partial charge in [-0.15, -0.1) is 0 Å². The van der Waals surface area contributed by atoms with Crippen molar-refractivity contribution in [2.24, 2.45) is 16.7 Å². The molecular formula is C40H58. The fraction of sp³-hybridized carbons (Fsp3) is 0.500. The van der Waals surface area contributed by atoms with Crippen molar-refractivity contribution < 1.29 is 0 Å². The molecule has 0 radical (unpaired) electrons. The summed E-state index contributed by atoms with van der Waals surface area (Å²) in [6, 6.07) is 0. The molecule has 0 aliphatic heterocycles. The van der Waals surface area contributed by atoms with Crippen molar-refractivity contribution in [3.05, 3.63) is 118 Å². The van der Waals surface area contributed by atoms with Gasteiger partial charge in [-0.1, -0.05) is 141 Å². The zero-order chi connectivity index (χ0) is 29.8. The van der Waals surface area contributed by atoms with Crippen LogP contribution in [0.25, 0.3) is 0 Å². The van der Waals surface area contributed by atoms with Crippen LogP contribution in [0.4, 0.5) is 0 Å². The molecule has 1 unspecified atom stereocenters. The first-order valence-corrected chi connectivity index (χ1v) is 15.6. The maximum atomic E-state index is 2.41. The normalized spacial score (nSPS) is 22.3. The Labute approximate surface area is 248 Å². The molecule has 2 rings (SSSR count). The Morgan fingerprint density at radius 1 is 0.675 bits per heavy atom. The van der Waals surface area contributed by atoms with Crippen molar-refractivity contribution >= 4 is 0 Å². The molecule has 1 atom stereocenters. The Morgan fingerprint density at radius 2 is 1.15 bits per heavy atom. The minimum absolute atomic E-state index is 0.294. The van der Waals surface area contributed by atoms with Gasteiger partial charge in [-0.25, -0.2) is 0 Å². The van der Waals surface area contributed by atoms with Crippen LogP contribution in [0, 0.1) is 16.7 Å². The molecule has 0 heterocycles. The van der Waals surface area contributed by atoms with Gasteiger partial charge in [-0.05, 0) is 107 Å². The van der Waals surface area contributed by atoms with E-state index in [-0.39, 0.29) is 0 Å². The summed E-state index contributed by atoms with van der Waals surface area (Å²) in [7, 11) is 0. The summed E-state index contributed by atoms with van der Waals surface area (Å²) in [4.78, 5) is 0. The second kappa shape index (κ2) is 16.0. The van der Waals surface area contributed by atoms with Crippen LogP contribution in [-0.4, -0.2) is 0 Å². The van der Waals surface area contributed by atoms with E-state index in [2.05, 4.69) is 148 Å². The fourth-order valence-corrected chi connectivity index (χ4v) is 5.98. The molecule has 0 saturated heterocycles. The van der Waals surface area contributed by atoms with E-state index in [0.717, 1.165) is 6.42 Å². The van der Waals surface area contributed by atoms with Crippen LogP contribution in [0.15, 0.2) is 118 Å². The van der Waals surface area contributed by atoms with Gasteiger partial charge in [0, 0.05) is 0 Å². The molecule has 2 aliphatic carbocycles. The topological polar surface area (TPSA) is 0 Å². The molecule has 0 amide bonds. The Balaban J connectivity index is 1.83. The van der Waals surface area contributed by atoms with Gasteiger partial charge in [0.2, 0.25) is 0 Å². The summed E-state index contributed by atoms with van der Waals surface area (Å²) in [5.41, 5.74) is 10.6. The van der Waals surface area contributed by atoms with Gasteiger partial charge in [-0.3, -0.25) is 0 Å². The molecule has 0 N–H and O–H groups in total. The molecule has 0 aromatic heterocycles. The summed E-state index contributed by atoms with van der Waals surface area (Å²) in [5, 5.41) is 0. The second-order valence-corrected chi connectivity index (χ2v) is 13.6. The van der Waals surface area contributed by atoms with E-state index >= 15 is 0 Å². The lowest BCUT2D eigenvalue weighted by Gasteiger charge is -2.33. The van der Waals surface area contributed by atoms with Gasteiger partial charge in [0.1, 0.15) is 0 Å². The van der Waals surface area contributed by atoms with Gasteiger partial charge >= 0.3 is 0 Å². The number of allylic oxidation sites excluding steroid dienone is 20. The number of hydrogen-bond acceptors (Lipinski definition) is 0. The maximum Gasteiger partial charge on any atom is -0.0104 e. The summed E-state index contributed by atoms with van der Waals surface area (Å²) >= 11 is 0. The maximum absolute atomic E-state index is 2.41. The highest BCUT2D eigenvalue weighted by atomic mass is 14.3. The smallest absolute Gasteiger partial charge is 0.0104 e. The van der Waals surface area contributed by atoms with Crippen LogP contribution >= 0.6 is 0 Å². The first-order chi connectivity index (χ1) is 18.8. The first-order valence-electron chi connectivity index (χ1n) is 15.6. The molecule has 0 nitrogen and oxygen atoms in total. The summed E-state index contributed by atoms with van der Waals surface area (Å²) in [6.07, 6.45) is 37.9. The van der Waals surface area contributed by atoms with Gasteiger partial charge in [-0.2, -0.15) is 0 Å². The quantitative estimate of drug-likeness (QED) is 0.229. The van der Waals surface area contributed by atoms with E-state index in [9.17, 15) is 0 Å². The molecule has 0 heteroatoms. The van der Waals surface area contributed by atoms with Crippen LogP contribution in [-0.2, 0) is 0 Å². The molecule has 0 saturated carbocycles. The minimum atomic E-state index is 0.294. The Bertz CT molecular complexity index is 1150. The third-order valence-corrected chi connectivity index (χ3v) is 8.63. The summed E-state index contributed by atoms with van der Waals surface area (Å²) in [5.74, 6) is 0.545. The molecule has 0 bridgehead atoms. The predicted octanol–water partition coefficient (Wildman–Crippen LogP) is 12.7. The number of hydrogen-bond donors (Lipinski definition) is 0. The highest BCUT2D eigenvalue weighted by molar-refractivity contribution is 5.37. The largest absolute Gasteiger partial charge is 0.0837 e. The van der Waals surface area contributed by atoms with Gasteiger partial charge < -0.3 is 0 Å². The highest BCUT2D eigenvalue weighted by Crippen LogP contribution is 2.41. The average molecular weight is 539 g/mol. The average Bonchev–Trinajstić information content (AvgIpc) is 2.85. The zero-order valence-corrected chi connectivity index (χ0v) is 27.5. The third-order valence-electron chi connectivity index (χ3n) is 8.63. The van der Waals surface area contributed by atoms with E-state index in [0.29, 0.717) is 16.7 Å². The van der Waals surface area contributed by atoms with Crippen molar-refractivity contribution in [3.63, 3.8) is 0 Å². The lowest BCUT2D eigenvalue weighted by Crippen LogP contribution is -2.19. The molecule has 40 heavy (non-hydrogen) atoms.